The number of ether oxygens (including phenoxy) is 1. The number of para-hydroxylation sites is 1. The van der Waals surface area contributed by atoms with Crippen molar-refractivity contribution in [1.29, 1.82) is 0 Å². The largest absolute Gasteiger partial charge is 0.487 e. The van der Waals surface area contributed by atoms with Gasteiger partial charge in [-0.1, -0.05) is 32.0 Å². The molecule has 18 heavy (non-hydrogen) atoms. The van der Waals surface area contributed by atoms with Crippen LogP contribution in [0.25, 0.3) is 0 Å². The van der Waals surface area contributed by atoms with Gasteiger partial charge in [-0.2, -0.15) is 0 Å². The standard InChI is InChI=1S/C15H21NO2/c1-10(2)14(17)16-12-9-15(3,4)18-13-8-6-5-7-11(12)13/h5-8,10,12H,9H2,1-4H3,(H,16,17). The Labute approximate surface area is 109 Å². The number of carbonyl (C=O) groups is 1. The third-order valence-corrected chi connectivity index (χ3v) is 3.22. The molecule has 98 valence electrons. The maximum Gasteiger partial charge on any atom is 0.223 e. The molecule has 1 unspecified atom stereocenters. The zero-order valence-corrected chi connectivity index (χ0v) is 11.5. The van der Waals surface area contributed by atoms with Crippen LogP contribution in [-0.4, -0.2) is 11.5 Å². The number of nitrogens with one attached hydrogen (secondary N) is 1. The number of rotatable bonds is 2. The Bertz CT molecular complexity index is 452. The summed E-state index contributed by atoms with van der Waals surface area (Å²) in [5.74, 6) is 0.971. The van der Waals surface area contributed by atoms with Gasteiger partial charge in [0.05, 0.1) is 6.04 Å². The molecule has 0 aromatic heterocycles. The summed E-state index contributed by atoms with van der Waals surface area (Å²) in [6, 6.07) is 7.97. The molecule has 0 saturated carbocycles. The van der Waals surface area contributed by atoms with Crippen molar-refractivity contribution in [2.45, 2.75) is 45.8 Å². The number of hydrogen-bond acceptors (Lipinski definition) is 2. The molecule has 0 radical (unpaired) electrons. The van der Waals surface area contributed by atoms with E-state index in [-0.39, 0.29) is 23.5 Å². The lowest BCUT2D eigenvalue weighted by atomic mass is 9.89. The molecule has 1 aromatic rings. The van der Waals surface area contributed by atoms with Gasteiger partial charge in [-0.25, -0.2) is 0 Å². The number of fused-ring (bicyclic) bond motifs is 1. The molecule has 0 spiro atoms. The lowest BCUT2D eigenvalue weighted by Crippen LogP contribution is -2.42. The molecule has 1 aromatic carbocycles. The fraction of sp³-hybridized carbons (Fsp3) is 0.533. The summed E-state index contributed by atoms with van der Waals surface area (Å²) in [6.45, 7) is 7.92. The van der Waals surface area contributed by atoms with Crippen LogP contribution in [0, 0.1) is 5.92 Å². The van der Waals surface area contributed by atoms with Crippen LogP contribution in [0.4, 0.5) is 0 Å². The molecule has 1 amide bonds. The van der Waals surface area contributed by atoms with Crippen molar-refractivity contribution in [1.82, 2.24) is 5.32 Å². The van der Waals surface area contributed by atoms with Crippen LogP contribution >= 0.6 is 0 Å². The van der Waals surface area contributed by atoms with Gasteiger partial charge >= 0.3 is 0 Å². The van der Waals surface area contributed by atoms with Crippen LogP contribution in [0.1, 0.15) is 45.7 Å². The Hall–Kier alpha value is -1.51. The molecule has 1 atom stereocenters. The Morgan fingerprint density at radius 2 is 2.06 bits per heavy atom. The first-order valence-electron chi connectivity index (χ1n) is 6.47. The van der Waals surface area contributed by atoms with Crippen molar-refractivity contribution < 1.29 is 9.53 Å². The fourth-order valence-electron chi connectivity index (χ4n) is 2.27. The van der Waals surface area contributed by atoms with E-state index in [1.165, 1.54) is 0 Å². The molecular formula is C15H21NO2. The number of hydrogen-bond donors (Lipinski definition) is 1. The molecule has 0 bridgehead atoms. The fourth-order valence-corrected chi connectivity index (χ4v) is 2.27. The number of carbonyl (C=O) groups excluding carboxylic acids is 1. The zero-order valence-electron chi connectivity index (χ0n) is 11.5. The SMILES string of the molecule is CC(C)C(=O)NC1CC(C)(C)Oc2ccccc21. The molecular weight excluding hydrogens is 226 g/mol. The summed E-state index contributed by atoms with van der Waals surface area (Å²) >= 11 is 0. The lowest BCUT2D eigenvalue weighted by Gasteiger charge is -2.38. The second-order valence-corrected chi connectivity index (χ2v) is 5.82. The lowest BCUT2D eigenvalue weighted by molar-refractivity contribution is -0.125. The van der Waals surface area contributed by atoms with Crippen molar-refractivity contribution in [2.75, 3.05) is 0 Å². The number of benzene rings is 1. The van der Waals surface area contributed by atoms with E-state index < -0.39 is 0 Å². The van der Waals surface area contributed by atoms with Crippen molar-refractivity contribution in [3.05, 3.63) is 29.8 Å². The highest BCUT2D eigenvalue weighted by molar-refractivity contribution is 5.78. The van der Waals surface area contributed by atoms with E-state index in [0.717, 1.165) is 17.7 Å². The van der Waals surface area contributed by atoms with Gasteiger partial charge in [-0.15, -0.1) is 0 Å². The third-order valence-electron chi connectivity index (χ3n) is 3.22. The first kappa shape index (κ1) is 12.9. The number of amides is 1. The highest BCUT2D eigenvalue weighted by Crippen LogP contribution is 2.39. The van der Waals surface area contributed by atoms with Gasteiger partial charge in [0, 0.05) is 17.9 Å². The molecule has 3 heteroatoms. The van der Waals surface area contributed by atoms with Gasteiger partial charge < -0.3 is 10.1 Å². The van der Waals surface area contributed by atoms with Gasteiger partial charge in [0.2, 0.25) is 5.91 Å². The third kappa shape index (κ3) is 2.66. The molecule has 2 rings (SSSR count). The molecule has 3 nitrogen and oxygen atoms in total. The summed E-state index contributed by atoms with van der Waals surface area (Å²) in [5.41, 5.74) is 0.828. The normalized spacial score (nSPS) is 21.1. The van der Waals surface area contributed by atoms with Crippen LogP contribution in [0.2, 0.25) is 0 Å². The van der Waals surface area contributed by atoms with Crippen molar-refractivity contribution in [2.24, 2.45) is 5.92 Å². The maximum atomic E-state index is 11.9. The molecule has 0 aliphatic carbocycles. The van der Waals surface area contributed by atoms with E-state index in [1.54, 1.807) is 0 Å². The summed E-state index contributed by atoms with van der Waals surface area (Å²) in [5, 5.41) is 3.11. The Morgan fingerprint density at radius 1 is 1.39 bits per heavy atom. The predicted molar refractivity (Wildman–Crippen MR) is 71.5 cm³/mol. The predicted octanol–water partition coefficient (Wildman–Crippen LogP) is 3.06. The highest BCUT2D eigenvalue weighted by atomic mass is 16.5. The van der Waals surface area contributed by atoms with E-state index in [9.17, 15) is 4.79 Å². The van der Waals surface area contributed by atoms with E-state index in [4.69, 9.17) is 4.74 Å². The van der Waals surface area contributed by atoms with Crippen LogP contribution in [0.5, 0.6) is 5.75 Å². The minimum atomic E-state index is -0.247. The molecule has 1 heterocycles. The van der Waals surface area contributed by atoms with Crippen LogP contribution in [0.3, 0.4) is 0 Å². The van der Waals surface area contributed by atoms with E-state index in [2.05, 4.69) is 19.2 Å². The Balaban J connectivity index is 2.27. The molecule has 1 aliphatic heterocycles. The van der Waals surface area contributed by atoms with Gasteiger partial charge in [0.1, 0.15) is 11.4 Å². The summed E-state index contributed by atoms with van der Waals surface area (Å²) in [4.78, 5) is 11.9. The topological polar surface area (TPSA) is 38.3 Å². The van der Waals surface area contributed by atoms with Gasteiger partial charge in [0.25, 0.3) is 0 Å². The van der Waals surface area contributed by atoms with Gasteiger partial charge in [-0.05, 0) is 19.9 Å². The zero-order chi connectivity index (χ0) is 13.3. The average molecular weight is 247 g/mol. The summed E-state index contributed by atoms with van der Waals surface area (Å²) in [6.07, 6.45) is 0.794. The van der Waals surface area contributed by atoms with Gasteiger partial charge in [0.15, 0.2) is 0 Å². The minimum absolute atomic E-state index is 0.00289. The van der Waals surface area contributed by atoms with Crippen molar-refractivity contribution in [3.63, 3.8) is 0 Å². The molecule has 1 N–H and O–H groups in total. The molecule has 0 saturated heterocycles. The van der Waals surface area contributed by atoms with Crippen molar-refractivity contribution >= 4 is 5.91 Å². The smallest absolute Gasteiger partial charge is 0.223 e. The second-order valence-electron chi connectivity index (χ2n) is 5.82. The molecule has 0 fully saturated rings. The Morgan fingerprint density at radius 3 is 2.72 bits per heavy atom. The summed E-state index contributed by atoms with van der Waals surface area (Å²) < 4.78 is 5.94. The van der Waals surface area contributed by atoms with Crippen LogP contribution in [0.15, 0.2) is 24.3 Å². The Kier molecular flexibility index (Phi) is 3.33. The quantitative estimate of drug-likeness (QED) is 0.872. The van der Waals surface area contributed by atoms with E-state index >= 15 is 0 Å². The van der Waals surface area contributed by atoms with Gasteiger partial charge in [-0.3, -0.25) is 4.79 Å². The maximum absolute atomic E-state index is 11.9. The van der Waals surface area contributed by atoms with Crippen LogP contribution in [-0.2, 0) is 4.79 Å². The van der Waals surface area contributed by atoms with E-state index in [0.29, 0.717) is 0 Å². The second kappa shape index (κ2) is 4.63. The van der Waals surface area contributed by atoms with Crippen LogP contribution < -0.4 is 10.1 Å². The highest BCUT2D eigenvalue weighted by Gasteiger charge is 2.34. The monoisotopic (exact) mass is 247 g/mol. The minimum Gasteiger partial charge on any atom is -0.487 e. The van der Waals surface area contributed by atoms with E-state index in [1.807, 2.05) is 38.1 Å². The average Bonchev–Trinajstić information content (AvgIpc) is 2.27. The molecule has 1 aliphatic rings. The first-order chi connectivity index (χ1) is 8.39. The van der Waals surface area contributed by atoms with Crippen molar-refractivity contribution in [3.8, 4) is 5.75 Å². The summed E-state index contributed by atoms with van der Waals surface area (Å²) in [7, 11) is 0. The first-order valence-corrected chi connectivity index (χ1v) is 6.47.